The van der Waals surface area contributed by atoms with E-state index in [-0.39, 0.29) is 22.1 Å². The summed E-state index contributed by atoms with van der Waals surface area (Å²) in [6, 6.07) is 6.90. The maximum atomic E-state index is 12.0. The number of rotatable bonds is 6. The molecule has 136 valence electrons. The van der Waals surface area contributed by atoms with Crippen LogP contribution in [-0.4, -0.2) is 27.1 Å². The topological polar surface area (TPSA) is 98.5 Å². The summed E-state index contributed by atoms with van der Waals surface area (Å²) in [7, 11) is -3.86. The van der Waals surface area contributed by atoms with Crippen LogP contribution in [-0.2, 0) is 16.6 Å². The van der Waals surface area contributed by atoms with Crippen molar-refractivity contribution in [3.8, 4) is 5.75 Å². The summed E-state index contributed by atoms with van der Waals surface area (Å²) in [6.07, 6.45) is -4.41. The van der Waals surface area contributed by atoms with Crippen LogP contribution in [0, 0.1) is 0 Å². The molecule has 0 spiro atoms. The molecule has 1 aromatic heterocycles. The van der Waals surface area contributed by atoms with E-state index in [2.05, 4.69) is 10.1 Å². The quantitative estimate of drug-likeness (QED) is 0.785. The Morgan fingerprint density at radius 1 is 1.24 bits per heavy atom. The number of hydrogen-bond acceptors (Lipinski definition) is 5. The fourth-order valence-corrected chi connectivity index (χ4v) is 3.32. The maximum absolute atomic E-state index is 12.0. The minimum absolute atomic E-state index is 0.0584. The third kappa shape index (κ3) is 6.03. The Labute approximate surface area is 145 Å². The first kappa shape index (κ1) is 19.2. The Hall–Kier alpha value is -2.11. The average Bonchev–Trinajstić information content (AvgIpc) is 3.01. The first-order chi connectivity index (χ1) is 11.5. The summed E-state index contributed by atoms with van der Waals surface area (Å²) in [5.41, 5.74) is 0.786. The standard InChI is InChI=1S/C14H13F3N2O4S2/c15-14(16,17)8-23-11-3-1-9(2-4-11)6-19-13(20)10-5-12(24-7-10)25(18,21)22/h1-5,7H,6,8H2,(H,19,20)(H2,18,21,22). The molecule has 0 fully saturated rings. The van der Waals surface area contributed by atoms with Crippen LogP contribution in [0.15, 0.2) is 39.9 Å². The average molecular weight is 394 g/mol. The highest BCUT2D eigenvalue weighted by Crippen LogP contribution is 2.20. The molecule has 25 heavy (non-hydrogen) atoms. The van der Waals surface area contributed by atoms with Gasteiger partial charge in [0.25, 0.3) is 5.91 Å². The van der Waals surface area contributed by atoms with Gasteiger partial charge in [-0.2, -0.15) is 13.2 Å². The van der Waals surface area contributed by atoms with Gasteiger partial charge in [-0.05, 0) is 23.8 Å². The number of amides is 1. The van der Waals surface area contributed by atoms with E-state index >= 15 is 0 Å². The van der Waals surface area contributed by atoms with Crippen LogP contribution in [0.25, 0.3) is 0 Å². The zero-order valence-electron chi connectivity index (χ0n) is 12.5. The second-order valence-corrected chi connectivity index (χ2v) is 7.63. The van der Waals surface area contributed by atoms with Gasteiger partial charge in [-0.15, -0.1) is 11.3 Å². The Morgan fingerprint density at radius 3 is 2.40 bits per heavy atom. The van der Waals surface area contributed by atoms with Gasteiger partial charge in [0, 0.05) is 11.9 Å². The molecule has 6 nitrogen and oxygen atoms in total. The van der Waals surface area contributed by atoms with E-state index in [0.29, 0.717) is 5.56 Å². The number of halogens is 3. The monoisotopic (exact) mass is 394 g/mol. The van der Waals surface area contributed by atoms with Crippen LogP contribution >= 0.6 is 11.3 Å². The van der Waals surface area contributed by atoms with Gasteiger partial charge in [0.1, 0.15) is 9.96 Å². The lowest BCUT2D eigenvalue weighted by molar-refractivity contribution is -0.153. The number of hydrogen-bond donors (Lipinski definition) is 2. The van der Waals surface area contributed by atoms with Crippen molar-refractivity contribution in [2.45, 2.75) is 16.9 Å². The number of ether oxygens (including phenoxy) is 1. The molecule has 1 aromatic carbocycles. The molecule has 0 unspecified atom stereocenters. The molecule has 0 saturated heterocycles. The van der Waals surface area contributed by atoms with E-state index in [4.69, 9.17) is 5.14 Å². The molecule has 2 aromatic rings. The normalized spacial score (nSPS) is 12.0. The molecule has 0 aliphatic heterocycles. The number of nitrogens with two attached hydrogens (primary N) is 1. The van der Waals surface area contributed by atoms with Crippen molar-refractivity contribution in [3.05, 3.63) is 46.8 Å². The van der Waals surface area contributed by atoms with E-state index in [1.807, 2.05) is 0 Å². The van der Waals surface area contributed by atoms with Crippen molar-refractivity contribution in [1.29, 1.82) is 0 Å². The van der Waals surface area contributed by atoms with Crippen molar-refractivity contribution in [3.63, 3.8) is 0 Å². The van der Waals surface area contributed by atoms with Crippen LogP contribution in [0.1, 0.15) is 15.9 Å². The summed E-state index contributed by atoms with van der Waals surface area (Å²) >= 11 is 0.834. The number of carbonyl (C=O) groups is 1. The lowest BCUT2D eigenvalue weighted by Gasteiger charge is -2.10. The van der Waals surface area contributed by atoms with Gasteiger partial charge in [-0.3, -0.25) is 4.79 Å². The summed E-state index contributed by atoms with van der Waals surface area (Å²) in [4.78, 5) is 11.9. The summed E-state index contributed by atoms with van der Waals surface area (Å²) < 4.78 is 62.9. The number of nitrogens with one attached hydrogen (secondary N) is 1. The highest BCUT2D eigenvalue weighted by Gasteiger charge is 2.28. The molecule has 1 heterocycles. The lowest BCUT2D eigenvalue weighted by Crippen LogP contribution is -2.22. The molecule has 0 radical (unpaired) electrons. The van der Waals surface area contributed by atoms with E-state index in [1.165, 1.54) is 35.7 Å². The van der Waals surface area contributed by atoms with Crippen molar-refractivity contribution in [1.82, 2.24) is 5.32 Å². The van der Waals surface area contributed by atoms with Gasteiger partial charge < -0.3 is 10.1 Å². The van der Waals surface area contributed by atoms with Gasteiger partial charge in [-0.1, -0.05) is 12.1 Å². The molecule has 0 aliphatic carbocycles. The number of thiophene rings is 1. The Morgan fingerprint density at radius 2 is 1.88 bits per heavy atom. The minimum atomic E-state index is -4.41. The fourth-order valence-electron chi connectivity index (χ4n) is 1.74. The van der Waals surface area contributed by atoms with Crippen molar-refractivity contribution < 1.29 is 31.1 Å². The van der Waals surface area contributed by atoms with Crippen molar-refractivity contribution >= 4 is 27.3 Å². The molecule has 0 aliphatic rings. The van der Waals surface area contributed by atoms with Crippen LogP contribution in [0.3, 0.4) is 0 Å². The summed E-state index contributed by atoms with van der Waals surface area (Å²) in [5, 5.41) is 8.90. The number of benzene rings is 1. The van der Waals surface area contributed by atoms with Gasteiger partial charge in [-0.25, -0.2) is 13.6 Å². The zero-order chi connectivity index (χ0) is 18.7. The van der Waals surface area contributed by atoms with Gasteiger partial charge >= 0.3 is 6.18 Å². The molecule has 1 amide bonds. The van der Waals surface area contributed by atoms with E-state index in [9.17, 15) is 26.4 Å². The minimum Gasteiger partial charge on any atom is -0.484 e. The molecule has 11 heteroatoms. The smallest absolute Gasteiger partial charge is 0.422 e. The third-order valence-corrected chi connectivity index (χ3v) is 5.28. The first-order valence-electron chi connectivity index (χ1n) is 6.72. The highest BCUT2D eigenvalue weighted by molar-refractivity contribution is 7.91. The van der Waals surface area contributed by atoms with Crippen LogP contribution < -0.4 is 15.2 Å². The van der Waals surface area contributed by atoms with E-state index in [0.717, 1.165) is 11.3 Å². The second kappa shape index (κ2) is 7.42. The van der Waals surface area contributed by atoms with Gasteiger partial charge in [0.2, 0.25) is 10.0 Å². The Balaban J connectivity index is 1.90. The second-order valence-electron chi connectivity index (χ2n) is 4.93. The van der Waals surface area contributed by atoms with Crippen molar-refractivity contribution in [2.24, 2.45) is 5.14 Å². The number of primary sulfonamides is 1. The lowest BCUT2D eigenvalue weighted by atomic mass is 10.2. The molecule has 0 bridgehead atoms. The number of alkyl halides is 3. The van der Waals surface area contributed by atoms with Crippen LogP contribution in [0.5, 0.6) is 5.75 Å². The van der Waals surface area contributed by atoms with E-state index < -0.39 is 28.7 Å². The fraction of sp³-hybridized carbons (Fsp3) is 0.214. The molecule has 2 rings (SSSR count). The molecule has 3 N–H and O–H groups in total. The largest absolute Gasteiger partial charge is 0.484 e. The number of sulfonamides is 1. The van der Waals surface area contributed by atoms with Crippen molar-refractivity contribution in [2.75, 3.05) is 6.61 Å². The molecular formula is C14H13F3N2O4S2. The predicted octanol–water partition coefficient (Wildman–Crippen LogP) is 2.27. The number of carbonyl (C=O) groups excluding carboxylic acids is 1. The first-order valence-corrected chi connectivity index (χ1v) is 9.15. The van der Waals surface area contributed by atoms with Crippen LogP contribution in [0.2, 0.25) is 0 Å². The Bertz CT molecular complexity index is 846. The molecule has 0 saturated carbocycles. The highest BCUT2D eigenvalue weighted by atomic mass is 32.2. The SMILES string of the molecule is NS(=O)(=O)c1cc(C(=O)NCc2ccc(OCC(F)(F)F)cc2)cs1. The molecular weight excluding hydrogens is 381 g/mol. The van der Waals surface area contributed by atoms with Gasteiger partial charge in [0.15, 0.2) is 6.61 Å². The third-order valence-electron chi connectivity index (χ3n) is 2.90. The van der Waals surface area contributed by atoms with Crippen LogP contribution in [0.4, 0.5) is 13.2 Å². The predicted molar refractivity (Wildman–Crippen MR) is 84.9 cm³/mol. The van der Waals surface area contributed by atoms with E-state index in [1.54, 1.807) is 0 Å². The zero-order valence-corrected chi connectivity index (χ0v) is 14.2. The summed E-state index contributed by atoms with van der Waals surface area (Å²) in [5.74, 6) is -0.438. The maximum Gasteiger partial charge on any atom is 0.422 e. The summed E-state index contributed by atoms with van der Waals surface area (Å²) in [6.45, 7) is -1.27. The van der Waals surface area contributed by atoms with Gasteiger partial charge in [0.05, 0.1) is 5.56 Å². The molecule has 0 atom stereocenters. The Kier molecular flexibility index (Phi) is 5.70.